The second kappa shape index (κ2) is 6.78. The van der Waals surface area contributed by atoms with Gasteiger partial charge in [-0.2, -0.15) is 0 Å². The maximum absolute atomic E-state index is 12.2. The monoisotopic (exact) mass is 285 g/mol. The second-order valence-corrected chi connectivity index (χ2v) is 5.10. The molecule has 0 saturated carbocycles. The van der Waals surface area contributed by atoms with Gasteiger partial charge in [0.25, 0.3) is 5.91 Å². The molecule has 0 fully saturated rings. The summed E-state index contributed by atoms with van der Waals surface area (Å²) in [7, 11) is 1.50. The lowest BCUT2D eigenvalue weighted by Crippen LogP contribution is -2.46. The molecule has 1 atom stereocenters. The van der Waals surface area contributed by atoms with Gasteiger partial charge in [-0.25, -0.2) is 0 Å². The van der Waals surface area contributed by atoms with Crippen LogP contribution >= 0.6 is 11.6 Å². The molecule has 1 unspecified atom stereocenters. The summed E-state index contributed by atoms with van der Waals surface area (Å²) in [5.74, 6) is 0.266. The first-order valence-electron chi connectivity index (χ1n) is 6.22. The van der Waals surface area contributed by atoms with Gasteiger partial charge in [-0.3, -0.25) is 4.79 Å². The summed E-state index contributed by atoms with van der Waals surface area (Å²) >= 11 is 5.92. The average molecular weight is 286 g/mol. The van der Waals surface area contributed by atoms with Crippen molar-refractivity contribution in [2.45, 2.75) is 32.2 Å². The van der Waals surface area contributed by atoms with E-state index in [1.807, 2.05) is 13.8 Å². The van der Waals surface area contributed by atoms with Gasteiger partial charge >= 0.3 is 0 Å². The first kappa shape index (κ1) is 15.8. The maximum atomic E-state index is 12.2. The molecular weight excluding hydrogens is 266 g/mol. The third kappa shape index (κ3) is 4.11. The zero-order valence-corrected chi connectivity index (χ0v) is 12.3. The van der Waals surface area contributed by atoms with E-state index in [0.29, 0.717) is 22.8 Å². The molecule has 0 radical (unpaired) electrons. The Morgan fingerprint density at radius 1 is 1.53 bits per heavy atom. The molecule has 0 heterocycles. The standard InChI is InChI=1S/C14H20ClNO3/c1-4-14(2,7-8-17)16-13(18)10-5-6-11(15)12(9-10)19-3/h5-6,9,17H,4,7-8H2,1-3H3,(H,16,18). The highest BCUT2D eigenvalue weighted by Crippen LogP contribution is 2.25. The third-order valence-electron chi connectivity index (χ3n) is 3.27. The van der Waals surface area contributed by atoms with Crippen LogP contribution in [0.3, 0.4) is 0 Å². The maximum Gasteiger partial charge on any atom is 0.251 e. The summed E-state index contributed by atoms with van der Waals surface area (Å²) in [6.45, 7) is 3.92. The minimum atomic E-state index is -0.418. The number of aliphatic hydroxyl groups is 1. The van der Waals surface area contributed by atoms with Gasteiger partial charge < -0.3 is 15.2 Å². The highest BCUT2D eigenvalue weighted by Gasteiger charge is 2.24. The topological polar surface area (TPSA) is 58.6 Å². The summed E-state index contributed by atoms with van der Waals surface area (Å²) < 4.78 is 5.09. The lowest BCUT2D eigenvalue weighted by molar-refractivity contribution is 0.0886. The van der Waals surface area contributed by atoms with E-state index in [2.05, 4.69) is 5.32 Å². The van der Waals surface area contributed by atoms with E-state index < -0.39 is 5.54 Å². The molecule has 0 aliphatic carbocycles. The predicted octanol–water partition coefficient (Wildman–Crippen LogP) is 2.63. The van der Waals surface area contributed by atoms with Crippen LogP contribution < -0.4 is 10.1 Å². The molecule has 106 valence electrons. The summed E-state index contributed by atoms with van der Waals surface area (Å²) in [5, 5.41) is 12.4. The molecule has 0 aromatic heterocycles. The van der Waals surface area contributed by atoms with Gasteiger partial charge in [0.2, 0.25) is 0 Å². The normalized spacial score (nSPS) is 13.7. The lowest BCUT2D eigenvalue weighted by atomic mass is 9.94. The molecule has 0 aliphatic heterocycles. The summed E-state index contributed by atoms with van der Waals surface area (Å²) in [6, 6.07) is 4.88. The quantitative estimate of drug-likeness (QED) is 0.845. The highest BCUT2D eigenvalue weighted by molar-refractivity contribution is 6.32. The zero-order valence-electron chi connectivity index (χ0n) is 11.5. The van der Waals surface area contributed by atoms with Crippen molar-refractivity contribution >= 4 is 17.5 Å². The number of nitrogens with one attached hydrogen (secondary N) is 1. The Morgan fingerprint density at radius 3 is 2.74 bits per heavy atom. The van der Waals surface area contributed by atoms with Crippen molar-refractivity contribution in [2.24, 2.45) is 0 Å². The first-order chi connectivity index (χ1) is 8.95. The Morgan fingerprint density at radius 2 is 2.21 bits per heavy atom. The van der Waals surface area contributed by atoms with E-state index in [1.165, 1.54) is 7.11 Å². The van der Waals surface area contributed by atoms with Gasteiger partial charge in [-0.1, -0.05) is 18.5 Å². The van der Waals surface area contributed by atoms with Crippen LogP contribution in [0.15, 0.2) is 18.2 Å². The van der Waals surface area contributed by atoms with Crippen molar-refractivity contribution in [3.8, 4) is 5.75 Å². The zero-order chi connectivity index (χ0) is 14.5. The van der Waals surface area contributed by atoms with Crippen LogP contribution in [0.25, 0.3) is 0 Å². The number of amides is 1. The highest BCUT2D eigenvalue weighted by atomic mass is 35.5. The molecule has 19 heavy (non-hydrogen) atoms. The van der Waals surface area contributed by atoms with Gasteiger partial charge in [-0.05, 0) is 38.0 Å². The molecule has 2 N–H and O–H groups in total. The Hall–Kier alpha value is -1.26. The van der Waals surface area contributed by atoms with Gasteiger partial charge in [0, 0.05) is 17.7 Å². The number of rotatable bonds is 6. The fourth-order valence-electron chi connectivity index (χ4n) is 1.72. The number of benzene rings is 1. The molecule has 0 aliphatic rings. The number of halogens is 1. The number of aliphatic hydroxyl groups excluding tert-OH is 1. The van der Waals surface area contributed by atoms with Crippen LogP contribution in [-0.4, -0.2) is 30.3 Å². The van der Waals surface area contributed by atoms with Gasteiger partial charge in [0.05, 0.1) is 12.1 Å². The Labute approximate surface area is 118 Å². The van der Waals surface area contributed by atoms with E-state index in [-0.39, 0.29) is 12.5 Å². The number of carbonyl (C=O) groups excluding carboxylic acids is 1. The van der Waals surface area contributed by atoms with Crippen LogP contribution in [0.5, 0.6) is 5.75 Å². The van der Waals surface area contributed by atoms with E-state index in [4.69, 9.17) is 21.4 Å². The summed E-state index contributed by atoms with van der Waals surface area (Å²) in [6.07, 6.45) is 1.25. The van der Waals surface area contributed by atoms with Crippen molar-refractivity contribution in [2.75, 3.05) is 13.7 Å². The van der Waals surface area contributed by atoms with Crippen molar-refractivity contribution in [3.63, 3.8) is 0 Å². The molecular formula is C14H20ClNO3. The Balaban J connectivity index is 2.88. The number of hydrogen-bond donors (Lipinski definition) is 2. The average Bonchev–Trinajstić information content (AvgIpc) is 2.39. The van der Waals surface area contributed by atoms with Gasteiger partial charge in [0.1, 0.15) is 5.75 Å². The van der Waals surface area contributed by atoms with Gasteiger partial charge in [-0.15, -0.1) is 0 Å². The molecule has 1 aromatic rings. The number of carbonyl (C=O) groups is 1. The molecule has 5 heteroatoms. The van der Waals surface area contributed by atoms with Crippen LogP contribution in [0.4, 0.5) is 0 Å². The largest absolute Gasteiger partial charge is 0.495 e. The van der Waals surface area contributed by atoms with E-state index >= 15 is 0 Å². The van der Waals surface area contributed by atoms with Crippen molar-refractivity contribution in [3.05, 3.63) is 28.8 Å². The van der Waals surface area contributed by atoms with E-state index in [0.717, 1.165) is 6.42 Å². The lowest BCUT2D eigenvalue weighted by Gasteiger charge is -2.29. The fraction of sp³-hybridized carbons (Fsp3) is 0.500. The van der Waals surface area contributed by atoms with Crippen molar-refractivity contribution in [1.82, 2.24) is 5.32 Å². The van der Waals surface area contributed by atoms with Gasteiger partial charge in [0.15, 0.2) is 0 Å². The van der Waals surface area contributed by atoms with Crippen LogP contribution in [-0.2, 0) is 0 Å². The Kier molecular flexibility index (Phi) is 5.63. The Bertz CT molecular complexity index is 450. The minimum Gasteiger partial charge on any atom is -0.495 e. The minimum absolute atomic E-state index is 0.0363. The fourth-order valence-corrected chi connectivity index (χ4v) is 1.92. The number of hydrogen-bond acceptors (Lipinski definition) is 3. The second-order valence-electron chi connectivity index (χ2n) is 4.69. The van der Waals surface area contributed by atoms with E-state index in [9.17, 15) is 4.79 Å². The summed E-state index contributed by atoms with van der Waals surface area (Å²) in [5.41, 5.74) is 0.0671. The molecule has 4 nitrogen and oxygen atoms in total. The van der Waals surface area contributed by atoms with Crippen LogP contribution in [0.2, 0.25) is 5.02 Å². The molecule has 0 bridgehead atoms. The number of methoxy groups -OCH3 is 1. The smallest absolute Gasteiger partial charge is 0.251 e. The molecule has 1 aromatic carbocycles. The molecule has 0 spiro atoms. The van der Waals surface area contributed by atoms with E-state index in [1.54, 1.807) is 18.2 Å². The third-order valence-corrected chi connectivity index (χ3v) is 3.58. The molecule has 1 rings (SSSR count). The van der Waals surface area contributed by atoms with Crippen LogP contribution in [0, 0.1) is 0 Å². The van der Waals surface area contributed by atoms with Crippen LogP contribution in [0.1, 0.15) is 37.0 Å². The molecule has 1 amide bonds. The summed E-state index contributed by atoms with van der Waals surface area (Å²) in [4.78, 5) is 12.2. The predicted molar refractivity (Wildman–Crippen MR) is 75.9 cm³/mol. The molecule has 0 saturated heterocycles. The van der Waals surface area contributed by atoms with Crippen molar-refractivity contribution < 1.29 is 14.6 Å². The van der Waals surface area contributed by atoms with Crippen molar-refractivity contribution in [1.29, 1.82) is 0 Å². The number of ether oxygens (including phenoxy) is 1. The first-order valence-corrected chi connectivity index (χ1v) is 6.60. The SMILES string of the molecule is CCC(C)(CCO)NC(=O)c1ccc(Cl)c(OC)c1.